The standard InChI is InChI=1S/C17H25N5O3.C17H24N4O2.C16H18N4.C15H20N4O/c1-5-11(9-23)21-17-20-8-14(16(18)22-17)25-13-6-15(24-4)19-7-12(13)10(2)3;1-6-22-11(4)14-7-15(13(8-20-14)10(2)3)23-16-9-19-12(5)21-17(16)18;1-5-14-7-12(15(9-19-14)10(2)3)6-13-8-18-11(4)20-16(13)17;1-9(2)13-8-18-14(20-4)6-11(13)5-12-7-17-10(3)19-15(12)16/h6-8,10-11,23H,5,9H2,1-4H3,(H3,18,20,21,22);7-11H,6H2,1-5H3,(H2,18,19,21);1,7-10H,6H2,2-4H3,(H2,17,18,20);6-9H,5H2,1-4H3,(H2,16,17,19). The Labute approximate surface area is 517 Å². The molecule has 88 heavy (non-hydrogen) atoms. The van der Waals surface area contributed by atoms with Crippen LogP contribution in [0.3, 0.4) is 0 Å². The first kappa shape index (κ1) is 69.4. The average molecular weight is 1200 g/mol. The van der Waals surface area contributed by atoms with Crippen molar-refractivity contribution >= 4 is 29.2 Å². The number of terminal acetylenes is 1. The summed E-state index contributed by atoms with van der Waals surface area (Å²) in [5.41, 5.74) is 33.7. The van der Waals surface area contributed by atoms with Gasteiger partial charge in [-0.3, -0.25) is 4.98 Å². The molecule has 0 radical (unpaired) electrons. The summed E-state index contributed by atoms with van der Waals surface area (Å²) in [4.78, 5) is 50.7. The Hall–Kier alpha value is -9.40. The third-order valence-electron chi connectivity index (χ3n) is 13.7. The van der Waals surface area contributed by atoms with Gasteiger partial charge in [-0.25, -0.2) is 49.8 Å². The van der Waals surface area contributed by atoms with Crippen molar-refractivity contribution in [2.24, 2.45) is 0 Å². The summed E-state index contributed by atoms with van der Waals surface area (Å²) >= 11 is 0. The number of methoxy groups -OCH3 is 2. The summed E-state index contributed by atoms with van der Waals surface area (Å²) in [5, 5.41) is 12.3. The number of aliphatic hydroxyl groups excluding tert-OH is 1. The molecule has 2 atom stereocenters. The topological polar surface area (TPSA) is 337 Å². The molecular formula is C65H87N17O6. The molecule has 0 aliphatic rings. The van der Waals surface area contributed by atoms with E-state index in [0.717, 1.165) is 45.5 Å². The zero-order chi connectivity index (χ0) is 64.8. The van der Waals surface area contributed by atoms with Gasteiger partial charge >= 0.3 is 0 Å². The van der Waals surface area contributed by atoms with Crippen molar-refractivity contribution in [1.82, 2.24) is 59.8 Å². The van der Waals surface area contributed by atoms with E-state index in [4.69, 9.17) is 53.0 Å². The SMILES string of the molecule is C#Cc1cc(Cc2cnc(C)nc2N)c(C(C)C)cn1.CCC(CO)Nc1ncc(Oc2cc(OC)ncc2C(C)C)c(N)n1.CCOC(C)c1cc(Oc2cnc(C)nc2N)c(C(C)C)cn1.COc1cc(Cc2cnc(C)nc2N)c(C(C)C)cn1. The van der Waals surface area contributed by atoms with Crippen LogP contribution in [0, 0.1) is 33.1 Å². The molecule has 0 aliphatic heterocycles. The highest BCUT2D eigenvalue weighted by molar-refractivity contribution is 5.53. The van der Waals surface area contributed by atoms with Crippen LogP contribution < -0.4 is 47.2 Å². The lowest BCUT2D eigenvalue weighted by Crippen LogP contribution is -2.24. The minimum atomic E-state index is -0.122. The van der Waals surface area contributed by atoms with E-state index in [2.05, 4.69) is 113 Å². The van der Waals surface area contributed by atoms with E-state index < -0.39 is 0 Å². The van der Waals surface area contributed by atoms with Crippen LogP contribution in [0.25, 0.3) is 0 Å². The third kappa shape index (κ3) is 20.1. The lowest BCUT2D eigenvalue weighted by molar-refractivity contribution is 0.0732. The van der Waals surface area contributed by atoms with Gasteiger partial charge in [0.2, 0.25) is 17.7 Å². The van der Waals surface area contributed by atoms with Crippen molar-refractivity contribution in [3.05, 3.63) is 147 Å². The van der Waals surface area contributed by atoms with Gasteiger partial charge in [0.1, 0.15) is 46.3 Å². The Morgan fingerprint density at radius 1 is 0.500 bits per heavy atom. The number of nitrogens with zero attached hydrogens (tertiary/aromatic N) is 12. The van der Waals surface area contributed by atoms with Gasteiger partial charge in [-0.15, -0.1) is 6.42 Å². The van der Waals surface area contributed by atoms with Crippen LogP contribution in [0.1, 0.15) is 186 Å². The smallest absolute Gasteiger partial charge is 0.225 e. The molecule has 0 saturated carbocycles. The van der Waals surface area contributed by atoms with Crippen molar-refractivity contribution in [2.75, 3.05) is 55.7 Å². The maximum atomic E-state index is 9.25. The number of nitrogen functional groups attached to an aromatic ring is 4. The highest BCUT2D eigenvalue weighted by Gasteiger charge is 2.19. The number of rotatable bonds is 21. The minimum absolute atomic E-state index is 0.00737. The number of aliphatic hydroxyl groups is 1. The molecule has 23 heteroatoms. The van der Waals surface area contributed by atoms with Crippen LogP contribution in [-0.4, -0.2) is 98.4 Å². The number of anilines is 5. The molecule has 8 heterocycles. The largest absolute Gasteiger partial charge is 0.481 e. The molecule has 468 valence electrons. The highest BCUT2D eigenvalue weighted by Crippen LogP contribution is 2.36. The van der Waals surface area contributed by atoms with E-state index in [1.807, 2.05) is 85.3 Å². The summed E-state index contributed by atoms with van der Waals surface area (Å²) in [5.74, 6) is 10.8. The molecule has 0 bridgehead atoms. The third-order valence-corrected chi connectivity index (χ3v) is 13.7. The second kappa shape index (κ2) is 33.5. The second-order valence-corrected chi connectivity index (χ2v) is 21.7. The predicted molar refractivity (Wildman–Crippen MR) is 345 cm³/mol. The molecule has 8 rings (SSSR count). The summed E-state index contributed by atoms with van der Waals surface area (Å²) in [7, 11) is 3.16. The maximum absolute atomic E-state index is 9.25. The van der Waals surface area contributed by atoms with E-state index in [1.54, 1.807) is 52.0 Å². The summed E-state index contributed by atoms with van der Waals surface area (Å²) in [6.07, 6.45) is 21.3. The van der Waals surface area contributed by atoms with Gasteiger partial charge < -0.3 is 57.0 Å². The fraction of sp³-hybridized carbons (Fsp3) is 0.415. The maximum Gasteiger partial charge on any atom is 0.225 e. The highest BCUT2D eigenvalue weighted by atomic mass is 16.5. The zero-order valence-electron chi connectivity index (χ0n) is 53.7. The van der Waals surface area contributed by atoms with Gasteiger partial charge in [0.05, 0.1) is 51.1 Å². The van der Waals surface area contributed by atoms with Crippen LogP contribution in [0.4, 0.5) is 29.2 Å². The summed E-state index contributed by atoms with van der Waals surface area (Å²) < 4.78 is 27.9. The van der Waals surface area contributed by atoms with E-state index in [0.29, 0.717) is 113 Å². The first-order valence-electron chi connectivity index (χ1n) is 29.2. The molecule has 0 fully saturated rings. The minimum Gasteiger partial charge on any atom is -0.481 e. The summed E-state index contributed by atoms with van der Waals surface area (Å²) in [6.45, 7) is 28.7. The number of hydrogen-bond donors (Lipinski definition) is 6. The molecule has 8 aromatic heterocycles. The Bertz CT molecular complexity index is 3590. The van der Waals surface area contributed by atoms with Crippen LogP contribution in [-0.2, 0) is 17.6 Å². The molecule has 0 aliphatic carbocycles. The monoisotopic (exact) mass is 1200 g/mol. The number of pyridine rings is 4. The molecule has 0 saturated heterocycles. The quantitative estimate of drug-likeness (QED) is 0.0364. The number of nitrogens with one attached hydrogen (secondary N) is 1. The molecule has 0 spiro atoms. The Morgan fingerprint density at radius 3 is 1.40 bits per heavy atom. The molecule has 23 nitrogen and oxygen atoms in total. The Kier molecular flexibility index (Phi) is 26.4. The first-order chi connectivity index (χ1) is 41.9. The van der Waals surface area contributed by atoms with Crippen molar-refractivity contribution < 1.29 is 28.8 Å². The molecule has 0 amide bonds. The normalized spacial score (nSPS) is 11.5. The van der Waals surface area contributed by atoms with Crippen molar-refractivity contribution in [1.29, 1.82) is 0 Å². The Balaban J connectivity index is 0.000000215. The number of hydrogen-bond acceptors (Lipinski definition) is 23. The molecular weight excluding hydrogens is 1110 g/mol. The van der Waals surface area contributed by atoms with Crippen molar-refractivity contribution in [3.8, 4) is 47.1 Å². The number of aryl methyl sites for hydroxylation is 3. The number of ether oxygens (including phenoxy) is 5. The van der Waals surface area contributed by atoms with Crippen LogP contribution in [0.5, 0.6) is 34.8 Å². The van der Waals surface area contributed by atoms with E-state index in [-0.39, 0.29) is 36.4 Å². The lowest BCUT2D eigenvalue weighted by Gasteiger charge is -2.17. The van der Waals surface area contributed by atoms with E-state index >= 15 is 0 Å². The van der Waals surface area contributed by atoms with Gasteiger partial charge in [0.25, 0.3) is 0 Å². The van der Waals surface area contributed by atoms with Gasteiger partial charge in [0.15, 0.2) is 23.1 Å². The average Bonchev–Trinajstić information content (AvgIpc) is 1.67. The van der Waals surface area contributed by atoms with E-state index in [9.17, 15) is 5.11 Å². The fourth-order valence-corrected chi connectivity index (χ4v) is 8.63. The Morgan fingerprint density at radius 2 is 0.943 bits per heavy atom. The van der Waals surface area contributed by atoms with E-state index in [1.165, 1.54) is 17.3 Å². The van der Waals surface area contributed by atoms with Gasteiger partial charge in [-0.1, -0.05) is 68.2 Å². The van der Waals surface area contributed by atoms with Crippen LogP contribution in [0.15, 0.2) is 73.8 Å². The summed E-state index contributed by atoms with van der Waals surface area (Å²) in [6, 6.07) is 7.38. The van der Waals surface area contributed by atoms with Crippen molar-refractivity contribution in [3.63, 3.8) is 0 Å². The van der Waals surface area contributed by atoms with Crippen LogP contribution in [0.2, 0.25) is 0 Å². The molecule has 2 unspecified atom stereocenters. The van der Waals surface area contributed by atoms with Gasteiger partial charge in [-0.05, 0) is 93.0 Å². The predicted octanol–water partition coefficient (Wildman–Crippen LogP) is 11.3. The number of nitrogens with two attached hydrogens (primary N) is 4. The van der Waals surface area contributed by atoms with Crippen molar-refractivity contribution in [2.45, 2.75) is 152 Å². The first-order valence-corrected chi connectivity index (χ1v) is 29.2. The molecule has 10 N–H and O–H groups in total. The van der Waals surface area contributed by atoms with Gasteiger partial charge in [-0.2, -0.15) is 4.98 Å². The zero-order valence-corrected chi connectivity index (χ0v) is 53.7. The number of aromatic nitrogens is 12. The fourth-order valence-electron chi connectivity index (χ4n) is 8.63. The van der Waals surface area contributed by atoms with Crippen LogP contribution >= 0.6 is 0 Å². The van der Waals surface area contributed by atoms with Gasteiger partial charge in [0, 0.05) is 97.1 Å². The molecule has 0 aromatic carbocycles. The second-order valence-electron chi connectivity index (χ2n) is 21.7. The molecule has 8 aromatic rings. The lowest BCUT2D eigenvalue weighted by atomic mass is 9.94.